The first kappa shape index (κ1) is 18.1. The first-order valence-electron chi connectivity index (χ1n) is 9.28. The van der Waals surface area contributed by atoms with Gasteiger partial charge in [0.1, 0.15) is 0 Å². The Morgan fingerprint density at radius 2 is 2.07 bits per heavy atom. The second-order valence-corrected chi connectivity index (χ2v) is 6.79. The Hall–Kier alpha value is -3.26. The molecule has 1 aliphatic rings. The lowest BCUT2D eigenvalue weighted by atomic mass is 10.1. The first-order chi connectivity index (χ1) is 13.6. The first-order valence-corrected chi connectivity index (χ1v) is 9.28. The molecule has 0 fully saturated rings. The van der Waals surface area contributed by atoms with E-state index in [2.05, 4.69) is 15.1 Å². The molecule has 3 heterocycles. The fraction of sp³-hybridized carbons (Fsp3) is 0.300. The summed E-state index contributed by atoms with van der Waals surface area (Å²) in [7, 11) is 0. The second kappa shape index (κ2) is 7.40. The maximum absolute atomic E-state index is 13.2. The van der Waals surface area contributed by atoms with E-state index in [0.29, 0.717) is 43.0 Å². The van der Waals surface area contributed by atoms with Gasteiger partial charge in [-0.3, -0.25) is 9.48 Å². The smallest absolute Gasteiger partial charge is 0.258 e. The maximum atomic E-state index is 13.2. The zero-order valence-corrected chi connectivity index (χ0v) is 15.6. The highest BCUT2D eigenvalue weighted by Crippen LogP contribution is 2.25. The highest BCUT2D eigenvalue weighted by atomic mass is 16.3. The zero-order chi connectivity index (χ0) is 19.7. The summed E-state index contributed by atoms with van der Waals surface area (Å²) in [6.45, 7) is 3.42. The Morgan fingerprint density at radius 3 is 2.82 bits per heavy atom. The molecule has 0 radical (unpaired) electrons. The minimum Gasteiger partial charge on any atom is -0.387 e. The molecule has 0 aliphatic carbocycles. The summed E-state index contributed by atoms with van der Waals surface area (Å²) in [5, 5.41) is 14.5. The van der Waals surface area contributed by atoms with Gasteiger partial charge in [-0.25, -0.2) is 9.97 Å². The van der Waals surface area contributed by atoms with Crippen molar-refractivity contribution < 1.29 is 9.90 Å². The molecule has 1 aromatic carbocycles. The van der Waals surface area contributed by atoms with E-state index in [-0.39, 0.29) is 11.9 Å². The van der Waals surface area contributed by atoms with Crippen molar-refractivity contribution in [2.24, 2.45) is 0 Å². The van der Waals surface area contributed by atoms with Crippen molar-refractivity contribution >= 4 is 11.9 Å². The number of carbonyl (C=O) groups is 1. The lowest BCUT2D eigenvalue weighted by Crippen LogP contribution is -2.38. The van der Waals surface area contributed by atoms with Gasteiger partial charge >= 0.3 is 0 Å². The molecule has 0 bridgehead atoms. The van der Waals surface area contributed by atoms with Crippen molar-refractivity contribution in [3.63, 3.8) is 0 Å². The van der Waals surface area contributed by atoms with E-state index in [4.69, 9.17) is 5.73 Å². The van der Waals surface area contributed by atoms with E-state index in [9.17, 15) is 9.90 Å². The molecule has 1 aliphatic heterocycles. The Labute approximate surface area is 162 Å². The summed E-state index contributed by atoms with van der Waals surface area (Å²) < 4.78 is 1.86. The van der Waals surface area contributed by atoms with Crippen LogP contribution in [0.5, 0.6) is 0 Å². The fourth-order valence-electron chi connectivity index (χ4n) is 3.37. The van der Waals surface area contributed by atoms with Crippen LogP contribution < -0.4 is 5.73 Å². The number of nitrogen functional groups attached to an aromatic ring is 1. The summed E-state index contributed by atoms with van der Waals surface area (Å²) in [5.41, 5.74) is 9.08. The molecule has 144 valence electrons. The third kappa shape index (κ3) is 3.34. The van der Waals surface area contributed by atoms with Crippen molar-refractivity contribution in [2.75, 3.05) is 12.3 Å². The van der Waals surface area contributed by atoms with Crippen molar-refractivity contribution in [1.82, 2.24) is 24.6 Å². The van der Waals surface area contributed by atoms with Crippen LogP contribution in [-0.2, 0) is 13.1 Å². The van der Waals surface area contributed by atoms with Gasteiger partial charge in [0.25, 0.3) is 5.91 Å². The molecule has 3 aromatic rings. The van der Waals surface area contributed by atoms with Crippen LogP contribution in [0.1, 0.15) is 41.2 Å². The number of carbonyl (C=O) groups excluding carboxylic acids is 1. The molecule has 1 amide bonds. The number of nitrogens with zero attached hydrogens (tertiary/aromatic N) is 5. The monoisotopic (exact) mass is 378 g/mol. The van der Waals surface area contributed by atoms with Crippen molar-refractivity contribution in [2.45, 2.75) is 32.5 Å². The van der Waals surface area contributed by atoms with Crippen LogP contribution in [0.3, 0.4) is 0 Å². The Morgan fingerprint density at radius 1 is 1.29 bits per heavy atom. The molecular weight excluding hydrogens is 356 g/mol. The summed E-state index contributed by atoms with van der Waals surface area (Å²) in [6, 6.07) is 11.3. The highest BCUT2D eigenvalue weighted by molar-refractivity contribution is 5.99. The molecule has 28 heavy (non-hydrogen) atoms. The number of aliphatic hydroxyl groups is 1. The Kier molecular flexibility index (Phi) is 4.79. The summed E-state index contributed by atoms with van der Waals surface area (Å²) in [6.07, 6.45) is 1.51. The van der Waals surface area contributed by atoms with Crippen LogP contribution in [0, 0.1) is 0 Å². The Balaban J connectivity index is 1.63. The van der Waals surface area contributed by atoms with Gasteiger partial charge in [0.15, 0.2) is 0 Å². The normalized spacial score (nSPS) is 14.6. The van der Waals surface area contributed by atoms with Crippen LogP contribution in [0.25, 0.3) is 11.3 Å². The third-order valence-corrected chi connectivity index (χ3v) is 4.92. The summed E-state index contributed by atoms with van der Waals surface area (Å²) in [5.74, 6) is -0.0192. The van der Waals surface area contributed by atoms with Gasteiger partial charge in [-0.2, -0.15) is 5.10 Å². The van der Waals surface area contributed by atoms with E-state index < -0.39 is 6.10 Å². The molecule has 0 saturated carbocycles. The van der Waals surface area contributed by atoms with E-state index in [1.807, 2.05) is 48.0 Å². The molecular formula is C20H22N6O2. The summed E-state index contributed by atoms with van der Waals surface area (Å²) >= 11 is 0. The van der Waals surface area contributed by atoms with Crippen molar-refractivity contribution in [1.29, 1.82) is 0 Å². The van der Waals surface area contributed by atoms with E-state index in [1.54, 1.807) is 4.90 Å². The SMILES string of the molecule is CC[C@@H](O)c1cc2n(n1)CCN(C(=O)c1cnc(N)nc1-c1ccccc1)C2. The molecule has 4 rings (SSSR count). The topological polar surface area (TPSA) is 110 Å². The van der Waals surface area contributed by atoms with Crippen LogP contribution in [0.4, 0.5) is 5.95 Å². The molecule has 2 aromatic heterocycles. The van der Waals surface area contributed by atoms with Crippen LogP contribution in [0.2, 0.25) is 0 Å². The van der Waals surface area contributed by atoms with Gasteiger partial charge in [0.05, 0.1) is 41.8 Å². The molecule has 0 spiro atoms. The molecule has 8 heteroatoms. The number of aliphatic hydroxyl groups excluding tert-OH is 1. The molecule has 8 nitrogen and oxygen atoms in total. The van der Waals surface area contributed by atoms with Gasteiger partial charge in [-0.15, -0.1) is 0 Å². The number of rotatable bonds is 4. The maximum Gasteiger partial charge on any atom is 0.258 e. The standard InChI is InChI=1S/C20H22N6O2/c1-2-17(27)16-10-14-12-25(8-9-26(14)24-16)19(28)15-11-22-20(21)23-18(15)13-6-4-3-5-7-13/h3-7,10-11,17,27H,2,8-9,12H2,1H3,(H2,21,22,23)/t17-/m1/s1. The number of nitrogens with two attached hydrogens (primary N) is 1. The zero-order valence-electron chi connectivity index (χ0n) is 15.6. The summed E-state index contributed by atoms with van der Waals surface area (Å²) in [4.78, 5) is 23.3. The number of benzene rings is 1. The average Bonchev–Trinajstić information content (AvgIpc) is 3.16. The van der Waals surface area contributed by atoms with E-state index >= 15 is 0 Å². The van der Waals surface area contributed by atoms with E-state index in [1.165, 1.54) is 6.20 Å². The van der Waals surface area contributed by atoms with Gasteiger partial charge in [0.2, 0.25) is 5.95 Å². The minimum atomic E-state index is -0.586. The number of hydrogen-bond acceptors (Lipinski definition) is 6. The van der Waals surface area contributed by atoms with Gasteiger partial charge in [-0.05, 0) is 12.5 Å². The molecule has 0 saturated heterocycles. The van der Waals surface area contributed by atoms with Gasteiger partial charge in [-0.1, -0.05) is 37.3 Å². The third-order valence-electron chi connectivity index (χ3n) is 4.92. The van der Waals surface area contributed by atoms with Gasteiger partial charge < -0.3 is 15.7 Å². The number of hydrogen-bond donors (Lipinski definition) is 2. The molecule has 0 unspecified atom stereocenters. The predicted octanol–water partition coefficient (Wildman–Crippen LogP) is 2.02. The number of amides is 1. The fourth-order valence-corrected chi connectivity index (χ4v) is 3.37. The van der Waals surface area contributed by atoms with E-state index in [0.717, 1.165) is 11.3 Å². The average molecular weight is 378 g/mol. The Bertz CT molecular complexity index is 1000. The number of aromatic nitrogens is 4. The van der Waals surface area contributed by atoms with Crippen molar-refractivity contribution in [3.05, 3.63) is 59.5 Å². The van der Waals surface area contributed by atoms with Gasteiger partial charge in [0, 0.05) is 18.3 Å². The largest absolute Gasteiger partial charge is 0.387 e. The minimum absolute atomic E-state index is 0.130. The second-order valence-electron chi connectivity index (χ2n) is 6.79. The number of anilines is 1. The number of fused-ring (bicyclic) bond motifs is 1. The lowest BCUT2D eigenvalue weighted by Gasteiger charge is -2.28. The predicted molar refractivity (Wildman–Crippen MR) is 104 cm³/mol. The van der Waals surface area contributed by atoms with Crippen LogP contribution >= 0.6 is 0 Å². The molecule has 3 N–H and O–H groups in total. The van der Waals surface area contributed by atoms with Crippen LogP contribution in [0.15, 0.2) is 42.6 Å². The highest BCUT2D eigenvalue weighted by Gasteiger charge is 2.27. The quantitative estimate of drug-likeness (QED) is 0.719. The van der Waals surface area contributed by atoms with Crippen molar-refractivity contribution in [3.8, 4) is 11.3 Å². The van der Waals surface area contributed by atoms with Crippen LogP contribution in [-0.4, -0.2) is 42.2 Å². The lowest BCUT2D eigenvalue weighted by molar-refractivity contribution is 0.0705. The molecule has 1 atom stereocenters.